The maximum absolute atomic E-state index is 12.5. The minimum Gasteiger partial charge on any atom is -0.369 e. The third-order valence-electron chi connectivity index (χ3n) is 3.91. The first-order chi connectivity index (χ1) is 9.40. The van der Waals surface area contributed by atoms with Crippen molar-refractivity contribution in [2.75, 3.05) is 0 Å². The molecular weight excluding hydrogens is 246 g/mol. The lowest BCUT2D eigenvalue weighted by molar-refractivity contribution is -0.125. The molecule has 0 saturated heterocycles. The van der Waals surface area contributed by atoms with Crippen molar-refractivity contribution in [2.45, 2.75) is 26.2 Å². The van der Waals surface area contributed by atoms with Crippen molar-refractivity contribution < 1.29 is 4.79 Å². The number of hydrogen-bond donors (Lipinski definition) is 1. The van der Waals surface area contributed by atoms with Crippen LogP contribution in [0.25, 0.3) is 0 Å². The molecule has 0 aromatic heterocycles. The molecule has 104 valence electrons. The lowest BCUT2D eigenvalue weighted by atomic mass is 9.58. The number of benzene rings is 2. The zero-order valence-corrected chi connectivity index (χ0v) is 12.3. The summed E-state index contributed by atoms with van der Waals surface area (Å²) in [6.45, 7) is 6.16. The second-order valence-electron chi connectivity index (χ2n) is 6.10. The number of carbonyl (C=O) groups is 1. The fraction of sp³-hybridized carbons (Fsp3) is 0.278. The third-order valence-corrected chi connectivity index (χ3v) is 3.91. The molecule has 2 N–H and O–H groups in total. The first-order valence-corrected chi connectivity index (χ1v) is 6.81. The van der Waals surface area contributed by atoms with Gasteiger partial charge in [0, 0.05) is 0 Å². The van der Waals surface area contributed by atoms with Crippen molar-refractivity contribution in [1.82, 2.24) is 0 Å². The largest absolute Gasteiger partial charge is 0.369 e. The number of amides is 1. The van der Waals surface area contributed by atoms with E-state index >= 15 is 0 Å². The highest BCUT2D eigenvalue weighted by Crippen LogP contribution is 2.46. The summed E-state index contributed by atoms with van der Waals surface area (Å²) in [5.74, 6) is -0.317. The smallest absolute Gasteiger partial charge is 0.233 e. The number of carbonyl (C=O) groups excluding carboxylic acids is 1. The fourth-order valence-electron chi connectivity index (χ4n) is 3.06. The van der Waals surface area contributed by atoms with Gasteiger partial charge in [0.25, 0.3) is 0 Å². The summed E-state index contributed by atoms with van der Waals surface area (Å²) in [7, 11) is 0. The van der Waals surface area contributed by atoms with Crippen LogP contribution >= 0.6 is 0 Å². The summed E-state index contributed by atoms with van der Waals surface area (Å²) in [6.07, 6.45) is 0. The molecule has 0 saturated carbocycles. The highest BCUT2D eigenvalue weighted by atomic mass is 16.1. The maximum Gasteiger partial charge on any atom is 0.233 e. The quantitative estimate of drug-likeness (QED) is 0.908. The van der Waals surface area contributed by atoms with Gasteiger partial charge in [-0.3, -0.25) is 4.79 Å². The minimum absolute atomic E-state index is 0.317. The monoisotopic (exact) mass is 267 g/mol. The lowest BCUT2D eigenvalue weighted by Crippen LogP contribution is -2.51. The van der Waals surface area contributed by atoms with Gasteiger partial charge in [0.2, 0.25) is 5.91 Å². The number of primary amides is 1. The molecule has 0 heterocycles. The van der Waals surface area contributed by atoms with Crippen LogP contribution in [0.3, 0.4) is 0 Å². The Bertz CT molecular complexity index is 542. The minimum atomic E-state index is -0.838. The Labute approximate surface area is 120 Å². The molecule has 0 aliphatic carbocycles. The van der Waals surface area contributed by atoms with Crippen LogP contribution in [0.2, 0.25) is 0 Å². The van der Waals surface area contributed by atoms with Crippen LogP contribution < -0.4 is 5.73 Å². The Morgan fingerprint density at radius 2 is 1.15 bits per heavy atom. The molecule has 0 radical (unpaired) electrons. The van der Waals surface area contributed by atoms with Crippen LogP contribution in [-0.2, 0) is 10.2 Å². The standard InChI is InChI=1S/C18H21NO/c1-17(2,3)18(16(19)20,14-10-6-4-7-11-14)15-12-8-5-9-13-15/h4-13H,1-3H3,(H2,19,20). The molecule has 0 aliphatic rings. The Morgan fingerprint density at radius 3 is 1.40 bits per heavy atom. The van der Waals surface area contributed by atoms with E-state index in [0.29, 0.717) is 0 Å². The molecule has 0 aliphatic heterocycles. The van der Waals surface area contributed by atoms with Crippen LogP contribution in [0, 0.1) is 5.41 Å². The number of rotatable bonds is 3. The summed E-state index contributed by atoms with van der Waals surface area (Å²) in [6, 6.07) is 19.6. The average molecular weight is 267 g/mol. The third kappa shape index (κ3) is 2.11. The van der Waals surface area contributed by atoms with Gasteiger partial charge >= 0.3 is 0 Å². The van der Waals surface area contributed by atoms with Gasteiger partial charge in [0.05, 0.1) is 0 Å². The van der Waals surface area contributed by atoms with Gasteiger partial charge in [0.1, 0.15) is 5.41 Å². The van der Waals surface area contributed by atoms with Crippen molar-refractivity contribution in [3.05, 3.63) is 71.8 Å². The maximum atomic E-state index is 12.5. The summed E-state index contributed by atoms with van der Waals surface area (Å²) < 4.78 is 0. The topological polar surface area (TPSA) is 43.1 Å². The molecule has 0 atom stereocenters. The summed E-state index contributed by atoms with van der Waals surface area (Å²) in [5.41, 5.74) is 6.59. The van der Waals surface area contributed by atoms with E-state index in [1.165, 1.54) is 0 Å². The van der Waals surface area contributed by atoms with Crippen molar-refractivity contribution in [1.29, 1.82) is 0 Å². The van der Waals surface area contributed by atoms with E-state index < -0.39 is 5.41 Å². The second-order valence-corrected chi connectivity index (χ2v) is 6.10. The Morgan fingerprint density at radius 1 is 0.800 bits per heavy atom. The van der Waals surface area contributed by atoms with Crippen molar-refractivity contribution in [3.8, 4) is 0 Å². The Hall–Kier alpha value is -2.09. The van der Waals surface area contributed by atoms with Crippen molar-refractivity contribution >= 4 is 5.91 Å². The van der Waals surface area contributed by atoms with E-state index in [-0.39, 0.29) is 11.3 Å². The summed E-state index contributed by atoms with van der Waals surface area (Å²) in [5, 5.41) is 0. The lowest BCUT2D eigenvalue weighted by Gasteiger charge is -2.43. The van der Waals surface area contributed by atoms with Crippen LogP contribution in [0.5, 0.6) is 0 Å². The molecule has 0 fully saturated rings. The van der Waals surface area contributed by atoms with E-state index in [2.05, 4.69) is 20.8 Å². The predicted molar refractivity (Wildman–Crippen MR) is 82.3 cm³/mol. The molecule has 20 heavy (non-hydrogen) atoms. The van der Waals surface area contributed by atoms with Crippen LogP contribution in [0.15, 0.2) is 60.7 Å². The van der Waals surface area contributed by atoms with Gasteiger partial charge in [0.15, 0.2) is 0 Å². The van der Waals surface area contributed by atoms with Crippen molar-refractivity contribution in [2.24, 2.45) is 11.1 Å². The van der Waals surface area contributed by atoms with E-state index in [0.717, 1.165) is 11.1 Å². The van der Waals surface area contributed by atoms with Gasteiger partial charge in [-0.2, -0.15) is 0 Å². The second kappa shape index (κ2) is 5.12. The zero-order chi connectivity index (χ0) is 14.8. The highest BCUT2D eigenvalue weighted by Gasteiger charge is 2.49. The molecule has 2 aromatic carbocycles. The average Bonchev–Trinajstić information content (AvgIpc) is 2.40. The first kappa shape index (κ1) is 14.3. The van der Waals surface area contributed by atoms with Gasteiger partial charge < -0.3 is 5.73 Å². The Kier molecular flexibility index (Phi) is 3.67. The molecule has 0 bridgehead atoms. The van der Waals surface area contributed by atoms with E-state index in [4.69, 9.17) is 5.73 Å². The van der Waals surface area contributed by atoms with Crippen LogP contribution in [0.1, 0.15) is 31.9 Å². The zero-order valence-electron chi connectivity index (χ0n) is 12.3. The van der Waals surface area contributed by atoms with Crippen molar-refractivity contribution in [3.63, 3.8) is 0 Å². The van der Waals surface area contributed by atoms with E-state index in [1.807, 2.05) is 60.7 Å². The van der Waals surface area contributed by atoms with Crippen LogP contribution in [0.4, 0.5) is 0 Å². The molecule has 2 rings (SSSR count). The number of hydrogen-bond acceptors (Lipinski definition) is 1. The molecule has 1 amide bonds. The first-order valence-electron chi connectivity index (χ1n) is 6.81. The molecular formula is C18H21NO. The normalized spacial score (nSPS) is 12.2. The van der Waals surface area contributed by atoms with Gasteiger partial charge in [-0.05, 0) is 16.5 Å². The summed E-state index contributed by atoms with van der Waals surface area (Å²) >= 11 is 0. The summed E-state index contributed by atoms with van der Waals surface area (Å²) in [4.78, 5) is 12.5. The van der Waals surface area contributed by atoms with E-state index in [1.54, 1.807) is 0 Å². The van der Waals surface area contributed by atoms with Gasteiger partial charge in [-0.25, -0.2) is 0 Å². The molecule has 2 aromatic rings. The highest BCUT2D eigenvalue weighted by molar-refractivity contribution is 5.91. The Balaban J connectivity index is 2.81. The molecule has 0 unspecified atom stereocenters. The fourth-order valence-corrected chi connectivity index (χ4v) is 3.06. The predicted octanol–water partition coefficient (Wildman–Crippen LogP) is 3.50. The molecule has 2 heteroatoms. The van der Waals surface area contributed by atoms with Crippen LogP contribution in [-0.4, -0.2) is 5.91 Å². The molecule has 0 spiro atoms. The number of nitrogens with two attached hydrogens (primary N) is 1. The van der Waals surface area contributed by atoms with E-state index in [9.17, 15) is 4.79 Å². The molecule has 2 nitrogen and oxygen atoms in total. The van der Waals surface area contributed by atoms with Gasteiger partial charge in [-0.15, -0.1) is 0 Å². The SMILES string of the molecule is CC(C)(C)C(C(N)=O)(c1ccccc1)c1ccccc1. The van der Waals surface area contributed by atoms with Gasteiger partial charge in [-0.1, -0.05) is 81.4 Å².